The molecule has 0 fully saturated rings. The van der Waals surface area contributed by atoms with Gasteiger partial charge in [-0.15, -0.1) is 0 Å². The van der Waals surface area contributed by atoms with Crippen LogP contribution in [-0.4, -0.2) is 17.8 Å². The normalized spacial score (nSPS) is 13.4. The molecule has 0 spiro atoms. The third-order valence-electron chi connectivity index (χ3n) is 0.653. The number of hydrogen-bond acceptors (Lipinski definition) is 1. The third kappa shape index (κ3) is 2.14. The highest BCUT2D eigenvalue weighted by Crippen LogP contribution is 1.92. The minimum Gasteiger partial charge on any atom is -0.481 e. The van der Waals surface area contributed by atoms with Crippen LogP contribution in [-0.2, 0) is 4.79 Å². The van der Waals surface area contributed by atoms with E-state index in [0.29, 0.717) is 0 Å². The van der Waals surface area contributed by atoms with Gasteiger partial charge in [-0.05, 0) is 6.92 Å². The quantitative estimate of drug-likeness (QED) is 0.562. The summed E-state index contributed by atoms with van der Waals surface area (Å²) in [5.41, 5.74) is 0. The number of hydrogen-bond donors (Lipinski definition) is 1. The lowest BCUT2D eigenvalue weighted by atomic mass is 10.2. The molecule has 42 valence electrons. The van der Waals surface area contributed by atoms with Crippen molar-refractivity contribution in [3.63, 3.8) is 0 Å². The Hall–Kier alpha value is -0.600. The van der Waals surface area contributed by atoms with Gasteiger partial charge in [0.05, 0.1) is 5.92 Å². The molecule has 0 aromatic heterocycles. The fourth-order valence-electron chi connectivity index (χ4n) is 0.0660. The average Bonchev–Trinajstić information content (AvgIpc) is 1.65. The number of carboxylic acid groups (broad SMARTS) is 1. The zero-order chi connectivity index (χ0) is 5.86. The van der Waals surface area contributed by atoms with E-state index in [9.17, 15) is 9.18 Å². The van der Waals surface area contributed by atoms with Crippen molar-refractivity contribution in [3.8, 4) is 0 Å². The van der Waals surface area contributed by atoms with Gasteiger partial charge in [-0.1, -0.05) is 0 Å². The van der Waals surface area contributed by atoms with Crippen LogP contribution in [0, 0.1) is 5.92 Å². The predicted molar refractivity (Wildman–Crippen MR) is 22.8 cm³/mol. The Morgan fingerprint density at radius 1 is 2.00 bits per heavy atom. The first-order chi connectivity index (χ1) is 3.18. The molecule has 0 saturated carbocycles. The summed E-state index contributed by atoms with van der Waals surface area (Å²) in [6.45, 7) is 0.539. The summed E-state index contributed by atoms with van der Waals surface area (Å²) in [6.07, 6.45) is 0. The van der Waals surface area contributed by atoms with Crippen molar-refractivity contribution in [1.29, 1.82) is 0 Å². The SMILES string of the molecule is C[C@H](CF)C(=O)O. The van der Waals surface area contributed by atoms with Gasteiger partial charge in [0.25, 0.3) is 0 Å². The van der Waals surface area contributed by atoms with Crippen molar-refractivity contribution < 1.29 is 14.3 Å². The first kappa shape index (κ1) is 6.40. The molecule has 0 saturated heterocycles. The summed E-state index contributed by atoms with van der Waals surface area (Å²) in [6, 6.07) is 0. The van der Waals surface area contributed by atoms with Crippen LogP contribution in [0.3, 0.4) is 0 Å². The molecular weight excluding hydrogens is 99.0 g/mol. The number of rotatable bonds is 2. The van der Waals surface area contributed by atoms with E-state index < -0.39 is 18.6 Å². The molecule has 0 rings (SSSR count). The minimum absolute atomic E-state index is 0.782. The number of carboxylic acids is 1. The summed E-state index contributed by atoms with van der Waals surface area (Å²) >= 11 is 0. The van der Waals surface area contributed by atoms with E-state index in [-0.39, 0.29) is 0 Å². The van der Waals surface area contributed by atoms with Gasteiger partial charge < -0.3 is 5.11 Å². The lowest BCUT2D eigenvalue weighted by Gasteiger charge is -1.93. The maximum absolute atomic E-state index is 11.3. The largest absolute Gasteiger partial charge is 0.481 e. The zero-order valence-corrected chi connectivity index (χ0v) is 4.02. The Kier molecular flexibility index (Phi) is 2.33. The second kappa shape index (κ2) is 2.55. The fourth-order valence-corrected chi connectivity index (χ4v) is 0.0660. The highest BCUT2D eigenvalue weighted by atomic mass is 19.1. The van der Waals surface area contributed by atoms with Crippen LogP contribution in [0.1, 0.15) is 6.92 Å². The van der Waals surface area contributed by atoms with Crippen LogP contribution in [0.25, 0.3) is 0 Å². The smallest absolute Gasteiger partial charge is 0.308 e. The van der Waals surface area contributed by atoms with Crippen molar-refractivity contribution in [2.75, 3.05) is 6.67 Å². The van der Waals surface area contributed by atoms with Gasteiger partial charge in [0.2, 0.25) is 0 Å². The van der Waals surface area contributed by atoms with Gasteiger partial charge in [0, 0.05) is 0 Å². The lowest BCUT2D eigenvalue weighted by Crippen LogP contribution is -2.10. The summed E-state index contributed by atoms with van der Waals surface area (Å²) in [5.74, 6) is -1.93. The first-order valence-corrected chi connectivity index (χ1v) is 1.97. The van der Waals surface area contributed by atoms with E-state index in [4.69, 9.17) is 5.11 Å². The monoisotopic (exact) mass is 106 g/mol. The molecule has 0 bridgehead atoms. The molecule has 0 heterocycles. The molecule has 0 radical (unpaired) electrons. The first-order valence-electron chi connectivity index (χ1n) is 1.97. The molecule has 7 heavy (non-hydrogen) atoms. The summed E-state index contributed by atoms with van der Waals surface area (Å²) in [5, 5.41) is 7.94. The number of halogens is 1. The second-order valence-electron chi connectivity index (χ2n) is 1.39. The van der Waals surface area contributed by atoms with E-state index in [1.165, 1.54) is 6.92 Å². The maximum atomic E-state index is 11.3. The van der Waals surface area contributed by atoms with E-state index in [1.54, 1.807) is 0 Å². The van der Waals surface area contributed by atoms with Gasteiger partial charge >= 0.3 is 5.97 Å². The van der Waals surface area contributed by atoms with Gasteiger partial charge in [-0.25, -0.2) is 0 Å². The molecule has 0 amide bonds. The van der Waals surface area contributed by atoms with Crippen LogP contribution in [0.15, 0.2) is 0 Å². The van der Waals surface area contributed by atoms with Crippen LogP contribution < -0.4 is 0 Å². The van der Waals surface area contributed by atoms with E-state index in [1.807, 2.05) is 0 Å². The molecule has 0 aromatic rings. The van der Waals surface area contributed by atoms with Gasteiger partial charge in [0.15, 0.2) is 0 Å². The zero-order valence-electron chi connectivity index (χ0n) is 4.02. The molecule has 1 atom stereocenters. The van der Waals surface area contributed by atoms with Crippen LogP contribution in [0.5, 0.6) is 0 Å². The van der Waals surface area contributed by atoms with Crippen molar-refractivity contribution in [2.45, 2.75) is 6.92 Å². The summed E-state index contributed by atoms with van der Waals surface area (Å²) in [7, 11) is 0. The van der Waals surface area contributed by atoms with E-state index in [0.717, 1.165) is 0 Å². The number of carbonyl (C=O) groups is 1. The lowest BCUT2D eigenvalue weighted by molar-refractivity contribution is -0.141. The average molecular weight is 106 g/mol. The molecule has 0 aliphatic heterocycles. The highest BCUT2D eigenvalue weighted by Gasteiger charge is 2.07. The second-order valence-corrected chi connectivity index (χ2v) is 1.39. The topological polar surface area (TPSA) is 37.3 Å². The fraction of sp³-hybridized carbons (Fsp3) is 0.750. The van der Waals surface area contributed by atoms with Crippen LogP contribution in [0.4, 0.5) is 4.39 Å². The molecule has 1 N–H and O–H groups in total. The predicted octanol–water partition coefficient (Wildman–Crippen LogP) is 0.677. The minimum atomic E-state index is -1.08. The summed E-state index contributed by atoms with van der Waals surface area (Å²) < 4.78 is 11.3. The molecular formula is C4H7FO2. The summed E-state index contributed by atoms with van der Waals surface area (Å²) in [4.78, 5) is 9.69. The Bertz CT molecular complexity index is 72.1. The Morgan fingerprint density at radius 3 is 2.43 bits per heavy atom. The Balaban J connectivity index is 3.34. The van der Waals surface area contributed by atoms with Crippen molar-refractivity contribution in [3.05, 3.63) is 0 Å². The van der Waals surface area contributed by atoms with E-state index >= 15 is 0 Å². The molecule has 0 unspecified atom stereocenters. The highest BCUT2D eigenvalue weighted by molar-refractivity contribution is 5.69. The maximum Gasteiger partial charge on any atom is 0.308 e. The van der Waals surface area contributed by atoms with Crippen molar-refractivity contribution >= 4 is 5.97 Å². The molecule has 2 nitrogen and oxygen atoms in total. The standard InChI is InChI=1S/C4H7FO2/c1-3(2-5)4(6)7/h3H,2H2,1H3,(H,6,7)/t3-/m1/s1. The number of aliphatic carboxylic acids is 1. The number of alkyl halides is 1. The third-order valence-corrected chi connectivity index (χ3v) is 0.653. The van der Waals surface area contributed by atoms with Gasteiger partial charge in [0.1, 0.15) is 6.67 Å². The van der Waals surface area contributed by atoms with Gasteiger partial charge in [-0.2, -0.15) is 0 Å². The van der Waals surface area contributed by atoms with Crippen molar-refractivity contribution in [2.24, 2.45) is 5.92 Å². The van der Waals surface area contributed by atoms with Crippen molar-refractivity contribution in [1.82, 2.24) is 0 Å². The Labute approximate surface area is 41.0 Å². The van der Waals surface area contributed by atoms with E-state index in [2.05, 4.69) is 0 Å². The van der Waals surface area contributed by atoms with Gasteiger partial charge in [-0.3, -0.25) is 9.18 Å². The van der Waals surface area contributed by atoms with Crippen LogP contribution in [0.2, 0.25) is 0 Å². The molecule has 0 aromatic carbocycles. The molecule has 3 heteroatoms. The molecule has 0 aliphatic rings. The van der Waals surface area contributed by atoms with Crippen LogP contribution >= 0.6 is 0 Å². The molecule has 0 aliphatic carbocycles. The Morgan fingerprint density at radius 2 is 2.43 bits per heavy atom.